The molecule has 0 saturated heterocycles. The molecular formula is C24H24Br2N2O3. The number of benzene rings is 3. The number of hydrogen-bond donors (Lipinski definition) is 1. The van der Waals surface area contributed by atoms with Gasteiger partial charge in [0.1, 0.15) is 12.4 Å². The summed E-state index contributed by atoms with van der Waals surface area (Å²) in [5, 5.41) is 4.33. The number of nitrogens with zero attached hydrogens (tertiary/aromatic N) is 1. The van der Waals surface area contributed by atoms with E-state index in [1.54, 1.807) is 13.3 Å². The molecule has 7 heteroatoms. The summed E-state index contributed by atoms with van der Waals surface area (Å²) in [6.07, 6.45) is 1.75. The highest BCUT2D eigenvalue weighted by Crippen LogP contribution is 2.37. The van der Waals surface area contributed by atoms with Crippen LogP contribution in [0, 0.1) is 0 Å². The minimum Gasteiger partial charge on any atom is -0.496 e. The molecule has 0 bridgehead atoms. The fourth-order valence-electron chi connectivity index (χ4n) is 2.90. The molecule has 3 aromatic carbocycles. The fourth-order valence-corrected chi connectivity index (χ4v) is 3.74. The van der Waals surface area contributed by atoms with Gasteiger partial charge in [0.2, 0.25) is 0 Å². The van der Waals surface area contributed by atoms with Gasteiger partial charge in [-0.1, -0.05) is 46.3 Å². The zero-order valence-electron chi connectivity index (χ0n) is 17.4. The van der Waals surface area contributed by atoms with E-state index >= 15 is 0 Å². The van der Waals surface area contributed by atoms with Crippen molar-refractivity contribution < 1.29 is 14.2 Å². The van der Waals surface area contributed by atoms with E-state index in [4.69, 9.17) is 14.2 Å². The Hall–Kier alpha value is -2.51. The molecule has 31 heavy (non-hydrogen) atoms. The number of nitrogens with one attached hydrogen (secondary N) is 1. The Labute approximate surface area is 199 Å². The summed E-state index contributed by atoms with van der Waals surface area (Å²) >= 11 is 7.05. The molecule has 3 aromatic rings. The topological polar surface area (TPSA) is 52.1 Å². The molecule has 1 N–H and O–H groups in total. The second-order valence-corrected chi connectivity index (χ2v) is 8.35. The summed E-state index contributed by atoms with van der Waals surface area (Å²) in [6, 6.07) is 19.7. The van der Waals surface area contributed by atoms with Gasteiger partial charge in [-0.05, 0) is 64.3 Å². The molecule has 162 valence electrons. The SMILES string of the molecule is CCOc1cc(/C=N/NCc2ccccc2OC)cc(Br)c1OCc1ccc(Br)cc1. The number of ether oxygens (including phenoxy) is 3. The maximum absolute atomic E-state index is 6.05. The van der Waals surface area contributed by atoms with Crippen molar-refractivity contribution in [3.05, 3.63) is 86.3 Å². The van der Waals surface area contributed by atoms with Gasteiger partial charge in [-0.15, -0.1) is 0 Å². The standard InChI is InChI=1S/C24H24Br2N2O3/c1-3-30-23-13-18(14-27-28-15-19-6-4-5-7-22(19)29-2)12-21(26)24(23)31-16-17-8-10-20(25)11-9-17/h4-14,28H,3,15-16H2,1-2H3/b27-14+. The van der Waals surface area contributed by atoms with Crippen LogP contribution >= 0.6 is 31.9 Å². The van der Waals surface area contributed by atoms with Crippen LogP contribution in [0.2, 0.25) is 0 Å². The summed E-state index contributed by atoms with van der Waals surface area (Å²) in [5.41, 5.74) is 6.06. The predicted octanol–water partition coefficient (Wildman–Crippen LogP) is 6.32. The van der Waals surface area contributed by atoms with E-state index in [0.29, 0.717) is 31.3 Å². The van der Waals surface area contributed by atoms with Gasteiger partial charge in [0.15, 0.2) is 11.5 Å². The smallest absolute Gasteiger partial charge is 0.175 e. The highest BCUT2D eigenvalue weighted by atomic mass is 79.9. The number of methoxy groups -OCH3 is 1. The highest BCUT2D eigenvalue weighted by molar-refractivity contribution is 9.10. The summed E-state index contributed by atoms with van der Waals surface area (Å²) in [4.78, 5) is 0. The summed E-state index contributed by atoms with van der Waals surface area (Å²) in [5.74, 6) is 2.17. The van der Waals surface area contributed by atoms with E-state index in [2.05, 4.69) is 42.4 Å². The van der Waals surface area contributed by atoms with E-state index in [0.717, 1.165) is 31.4 Å². The lowest BCUT2D eigenvalue weighted by atomic mass is 10.2. The molecule has 0 amide bonds. The maximum atomic E-state index is 6.05. The third kappa shape index (κ3) is 6.74. The molecule has 0 spiro atoms. The van der Waals surface area contributed by atoms with Crippen LogP contribution in [0.3, 0.4) is 0 Å². The Bertz CT molecular complexity index is 1020. The van der Waals surface area contributed by atoms with Gasteiger partial charge in [-0.2, -0.15) is 5.10 Å². The maximum Gasteiger partial charge on any atom is 0.175 e. The summed E-state index contributed by atoms with van der Waals surface area (Å²) in [7, 11) is 1.66. The van der Waals surface area contributed by atoms with Gasteiger partial charge in [-0.25, -0.2) is 0 Å². The van der Waals surface area contributed by atoms with E-state index in [-0.39, 0.29) is 0 Å². The van der Waals surface area contributed by atoms with Gasteiger partial charge in [-0.3, -0.25) is 0 Å². The molecule has 0 saturated carbocycles. The highest BCUT2D eigenvalue weighted by Gasteiger charge is 2.12. The minimum atomic E-state index is 0.444. The Morgan fingerprint density at radius 2 is 1.74 bits per heavy atom. The van der Waals surface area contributed by atoms with Crippen LogP contribution in [0.25, 0.3) is 0 Å². The second kappa shape index (κ2) is 11.8. The van der Waals surface area contributed by atoms with Crippen molar-refractivity contribution in [1.82, 2.24) is 5.43 Å². The van der Waals surface area contributed by atoms with Crippen LogP contribution in [-0.4, -0.2) is 19.9 Å². The Kier molecular flexibility index (Phi) is 8.79. The third-order valence-corrected chi connectivity index (χ3v) is 5.51. The first-order chi connectivity index (χ1) is 15.1. The summed E-state index contributed by atoms with van der Waals surface area (Å²) in [6.45, 7) is 3.49. The van der Waals surface area contributed by atoms with Crippen molar-refractivity contribution in [3.8, 4) is 17.2 Å². The van der Waals surface area contributed by atoms with Gasteiger partial charge in [0.25, 0.3) is 0 Å². The molecule has 0 unspecified atom stereocenters. The minimum absolute atomic E-state index is 0.444. The molecular weight excluding hydrogens is 524 g/mol. The molecule has 0 atom stereocenters. The van der Waals surface area contributed by atoms with Crippen LogP contribution in [0.15, 0.2) is 74.7 Å². The van der Waals surface area contributed by atoms with Crippen LogP contribution in [0.4, 0.5) is 0 Å². The van der Waals surface area contributed by atoms with Crippen LogP contribution in [-0.2, 0) is 13.2 Å². The number of hydrogen-bond acceptors (Lipinski definition) is 5. The van der Waals surface area contributed by atoms with Gasteiger partial charge in [0.05, 0.1) is 30.9 Å². The van der Waals surface area contributed by atoms with Gasteiger partial charge >= 0.3 is 0 Å². The number of hydrazone groups is 1. The molecule has 0 aliphatic rings. The van der Waals surface area contributed by atoms with Crippen LogP contribution < -0.4 is 19.6 Å². The van der Waals surface area contributed by atoms with Crippen molar-refractivity contribution in [2.45, 2.75) is 20.1 Å². The second-order valence-electron chi connectivity index (χ2n) is 6.58. The van der Waals surface area contributed by atoms with Crippen LogP contribution in [0.5, 0.6) is 17.2 Å². The Balaban J connectivity index is 1.68. The molecule has 0 fully saturated rings. The predicted molar refractivity (Wildman–Crippen MR) is 131 cm³/mol. The van der Waals surface area contributed by atoms with Crippen molar-refractivity contribution in [3.63, 3.8) is 0 Å². The molecule has 0 radical (unpaired) electrons. The van der Waals surface area contributed by atoms with Crippen molar-refractivity contribution in [2.75, 3.05) is 13.7 Å². The zero-order chi connectivity index (χ0) is 22.1. The quantitative estimate of drug-likeness (QED) is 0.238. The van der Waals surface area contributed by atoms with Crippen LogP contribution in [0.1, 0.15) is 23.6 Å². The molecule has 0 aliphatic carbocycles. The third-order valence-electron chi connectivity index (χ3n) is 4.40. The molecule has 5 nitrogen and oxygen atoms in total. The van der Waals surface area contributed by atoms with E-state index in [1.165, 1.54) is 0 Å². The lowest BCUT2D eigenvalue weighted by Gasteiger charge is -2.15. The zero-order valence-corrected chi connectivity index (χ0v) is 20.6. The van der Waals surface area contributed by atoms with E-state index < -0.39 is 0 Å². The van der Waals surface area contributed by atoms with E-state index in [9.17, 15) is 0 Å². The summed E-state index contributed by atoms with van der Waals surface area (Å²) < 4.78 is 19.1. The largest absolute Gasteiger partial charge is 0.496 e. The first-order valence-corrected chi connectivity index (χ1v) is 11.4. The van der Waals surface area contributed by atoms with E-state index in [1.807, 2.05) is 67.6 Å². The molecule has 3 rings (SSSR count). The first-order valence-electron chi connectivity index (χ1n) is 9.82. The molecule has 0 heterocycles. The average Bonchev–Trinajstić information content (AvgIpc) is 2.78. The number of halogens is 2. The van der Waals surface area contributed by atoms with Crippen molar-refractivity contribution >= 4 is 38.1 Å². The Morgan fingerprint density at radius 1 is 0.968 bits per heavy atom. The first kappa shape index (κ1) is 23.2. The number of para-hydroxylation sites is 1. The number of rotatable bonds is 10. The molecule has 0 aliphatic heterocycles. The lowest BCUT2D eigenvalue weighted by molar-refractivity contribution is 0.267. The lowest BCUT2D eigenvalue weighted by Crippen LogP contribution is -2.07. The normalized spacial score (nSPS) is 10.8. The average molecular weight is 548 g/mol. The monoisotopic (exact) mass is 546 g/mol. The van der Waals surface area contributed by atoms with Crippen molar-refractivity contribution in [1.29, 1.82) is 0 Å². The Morgan fingerprint density at radius 3 is 2.48 bits per heavy atom. The fraction of sp³-hybridized carbons (Fsp3) is 0.208. The van der Waals surface area contributed by atoms with Gasteiger partial charge in [0, 0.05) is 10.0 Å². The van der Waals surface area contributed by atoms with Crippen molar-refractivity contribution in [2.24, 2.45) is 5.10 Å². The molecule has 0 aromatic heterocycles. The van der Waals surface area contributed by atoms with Gasteiger partial charge < -0.3 is 19.6 Å².